The third kappa shape index (κ3) is 3.40. The Hall–Kier alpha value is -2.42. The van der Waals surface area contributed by atoms with Crippen molar-refractivity contribution in [2.75, 3.05) is 13.1 Å². The number of hydrogen-bond donors (Lipinski definition) is 0. The Labute approximate surface area is 143 Å². The third-order valence-electron chi connectivity index (χ3n) is 4.76. The lowest BCUT2D eigenvalue weighted by Crippen LogP contribution is -2.36. The summed E-state index contributed by atoms with van der Waals surface area (Å²) in [4.78, 5) is 27.7. The van der Waals surface area contributed by atoms with Crippen LogP contribution in [0.3, 0.4) is 0 Å². The molecule has 2 aromatic rings. The second kappa shape index (κ2) is 7.43. The van der Waals surface area contributed by atoms with Crippen LogP contribution in [0.4, 0.5) is 0 Å². The van der Waals surface area contributed by atoms with Crippen molar-refractivity contribution in [3.8, 4) is 0 Å². The minimum absolute atomic E-state index is 0.00200. The SMILES string of the molecule is CC(C(=O)c1ccccc1C(=O)N1CCCCC1)c1ccccc1. The molecule has 1 atom stereocenters. The molecule has 0 aromatic heterocycles. The third-order valence-corrected chi connectivity index (χ3v) is 4.76. The molecule has 0 spiro atoms. The molecule has 0 N–H and O–H groups in total. The van der Waals surface area contributed by atoms with Gasteiger partial charge in [-0.15, -0.1) is 0 Å². The molecule has 1 amide bonds. The van der Waals surface area contributed by atoms with Crippen molar-refractivity contribution in [1.29, 1.82) is 0 Å². The normalized spacial score (nSPS) is 15.8. The fourth-order valence-electron chi connectivity index (χ4n) is 3.28. The largest absolute Gasteiger partial charge is 0.339 e. The van der Waals surface area contributed by atoms with Crippen LogP contribution in [0.5, 0.6) is 0 Å². The van der Waals surface area contributed by atoms with Gasteiger partial charge in [-0.3, -0.25) is 9.59 Å². The van der Waals surface area contributed by atoms with Crippen molar-refractivity contribution in [1.82, 2.24) is 4.90 Å². The summed E-state index contributed by atoms with van der Waals surface area (Å²) in [6.07, 6.45) is 3.26. The topological polar surface area (TPSA) is 37.4 Å². The Morgan fingerprint density at radius 3 is 2.08 bits per heavy atom. The van der Waals surface area contributed by atoms with Gasteiger partial charge >= 0.3 is 0 Å². The number of rotatable bonds is 4. The van der Waals surface area contributed by atoms with E-state index in [4.69, 9.17) is 0 Å². The molecule has 0 aliphatic carbocycles. The van der Waals surface area contributed by atoms with Crippen LogP contribution < -0.4 is 0 Å². The molecule has 0 bridgehead atoms. The summed E-state index contributed by atoms with van der Waals surface area (Å²) in [6.45, 7) is 3.48. The van der Waals surface area contributed by atoms with E-state index in [0.29, 0.717) is 11.1 Å². The monoisotopic (exact) mass is 321 g/mol. The van der Waals surface area contributed by atoms with E-state index in [0.717, 1.165) is 31.5 Å². The van der Waals surface area contributed by atoms with Gasteiger partial charge in [-0.25, -0.2) is 0 Å². The van der Waals surface area contributed by atoms with Crippen LogP contribution in [0, 0.1) is 0 Å². The number of likely N-dealkylation sites (tertiary alicyclic amines) is 1. The number of carbonyl (C=O) groups excluding carboxylic acids is 2. The number of carbonyl (C=O) groups is 2. The molecule has 0 radical (unpaired) electrons. The second-order valence-electron chi connectivity index (χ2n) is 6.40. The quantitative estimate of drug-likeness (QED) is 0.787. The Balaban J connectivity index is 1.88. The van der Waals surface area contributed by atoms with Gasteiger partial charge in [0.2, 0.25) is 0 Å². The van der Waals surface area contributed by atoms with Crippen LogP contribution >= 0.6 is 0 Å². The summed E-state index contributed by atoms with van der Waals surface area (Å²) in [5.41, 5.74) is 2.04. The predicted molar refractivity (Wildman–Crippen MR) is 95.4 cm³/mol. The first-order valence-electron chi connectivity index (χ1n) is 8.66. The maximum atomic E-state index is 13.0. The van der Waals surface area contributed by atoms with E-state index in [1.54, 1.807) is 12.1 Å². The summed E-state index contributed by atoms with van der Waals surface area (Å²) < 4.78 is 0. The highest BCUT2D eigenvalue weighted by molar-refractivity contribution is 6.10. The first-order valence-corrected chi connectivity index (χ1v) is 8.66. The van der Waals surface area contributed by atoms with E-state index in [-0.39, 0.29) is 17.6 Å². The van der Waals surface area contributed by atoms with E-state index in [1.807, 2.05) is 54.3 Å². The number of nitrogens with zero attached hydrogens (tertiary/aromatic N) is 1. The smallest absolute Gasteiger partial charge is 0.254 e. The molecule has 24 heavy (non-hydrogen) atoms. The van der Waals surface area contributed by atoms with Gasteiger partial charge in [0.1, 0.15) is 0 Å². The fourth-order valence-corrected chi connectivity index (χ4v) is 3.28. The minimum atomic E-state index is -0.262. The summed E-state index contributed by atoms with van der Waals surface area (Å²) in [7, 11) is 0. The molecule has 1 unspecified atom stereocenters. The number of amides is 1. The summed E-state index contributed by atoms with van der Waals surface area (Å²) in [6, 6.07) is 16.9. The van der Waals surface area contributed by atoms with Gasteiger partial charge in [0.15, 0.2) is 5.78 Å². The van der Waals surface area contributed by atoms with Gasteiger partial charge in [0.25, 0.3) is 5.91 Å². The Bertz CT molecular complexity index is 718. The van der Waals surface area contributed by atoms with Gasteiger partial charge in [-0.05, 0) is 30.9 Å². The maximum Gasteiger partial charge on any atom is 0.254 e. The van der Waals surface area contributed by atoms with Crippen LogP contribution in [0.2, 0.25) is 0 Å². The molecule has 1 aliphatic heterocycles. The van der Waals surface area contributed by atoms with Crippen LogP contribution in [0.15, 0.2) is 54.6 Å². The van der Waals surface area contributed by atoms with Crippen molar-refractivity contribution in [2.45, 2.75) is 32.1 Å². The van der Waals surface area contributed by atoms with Gasteiger partial charge in [0, 0.05) is 24.6 Å². The lowest BCUT2D eigenvalue weighted by Gasteiger charge is -2.27. The van der Waals surface area contributed by atoms with Gasteiger partial charge in [0.05, 0.1) is 5.56 Å². The minimum Gasteiger partial charge on any atom is -0.339 e. The molecule has 3 heteroatoms. The van der Waals surface area contributed by atoms with Gasteiger partial charge < -0.3 is 4.90 Å². The van der Waals surface area contributed by atoms with E-state index >= 15 is 0 Å². The van der Waals surface area contributed by atoms with Gasteiger partial charge in [-0.1, -0.05) is 55.5 Å². The first-order chi connectivity index (χ1) is 11.7. The van der Waals surface area contributed by atoms with Crippen molar-refractivity contribution < 1.29 is 9.59 Å². The zero-order chi connectivity index (χ0) is 16.9. The van der Waals surface area contributed by atoms with Crippen molar-refractivity contribution >= 4 is 11.7 Å². The van der Waals surface area contributed by atoms with Crippen LogP contribution in [0.25, 0.3) is 0 Å². The molecule has 124 valence electrons. The molecule has 1 heterocycles. The first kappa shape index (κ1) is 16.4. The summed E-state index contributed by atoms with van der Waals surface area (Å²) in [5, 5.41) is 0. The lowest BCUT2D eigenvalue weighted by molar-refractivity contribution is 0.0719. The van der Waals surface area contributed by atoms with Crippen LogP contribution in [0.1, 0.15) is 58.4 Å². The lowest BCUT2D eigenvalue weighted by atomic mass is 9.89. The number of benzene rings is 2. The van der Waals surface area contributed by atoms with E-state index in [9.17, 15) is 9.59 Å². The summed E-state index contributed by atoms with van der Waals surface area (Å²) in [5.74, 6) is -0.275. The average Bonchev–Trinajstić information content (AvgIpc) is 2.67. The number of ketones is 1. The standard InChI is InChI=1S/C21H23NO2/c1-16(17-10-4-2-5-11-17)20(23)18-12-6-7-13-19(18)21(24)22-14-8-3-9-15-22/h2,4-7,10-13,16H,3,8-9,14-15H2,1H3. The van der Waals surface area contributed by atoms with E-state index in [2.05, 4.69) is 0 Å². The molecule has 1 aliphatic rings. The predicted octanol–water partition coefficient (Wildman–Crippen LogP) is 4.30. The molecule has 2 aromatic carbocycles. The zero-order valence-corrected chi connectivity index (χ0v) is 14.1. The van der Waals surface area contributed by atoms with Gasteiger partial charge in [-0.2, -0.15) is 0 Å². The van der Waals surface area contributed by atoms with Crippen molar-refractivity contribution in [2.24, 2.45) is 0 Å². The highest BCUT2D eigenvalue weighted by atomic mass is 16.2. The average molecular weight is 321 g/mol. The maximum absolute atomic E-state index is 13.0. The van der Waals surface area contributed by atoms with Crippen molar-refractivity contribution in [3.63, 3.8) is 0 Å². The highest BCUT2D eigenvalue weighted by Crippen LogP contribution is 2.24. The Kier molecular flexibility index (Phi) is 5.09. The Morgan fingerprint density at radius 2 is 1.42 bits per heavy atom. The Morgan fingerprint density at radius 1 is 0.833 bits per heavy atom. The number of hydrogen-bond acceptors (Lipinski definition) is 2. The van der Waals surface area contributed by atoms with Crippen LogP contribution in [-0.4, -0.2) is 29.7 Å². The number of piperidine rings is 1. The second-order valence-corrected chi connectivity index (χ2v) is 6.40. The zero-order valence-electron chi connectivity index (χ0n) is 14.1. The van der Waals surface area contributed by atoms with Crippen LogP contribution in [-0.2, 0) is 0 Å². The number of Topliss-reactive ketones (excluding diaryl/α,β-unsaturated/α-hetero) is 1. The highest BCUT2D eigenvalue weighted by Gasteiger charge is 2.25. The molecule has 1 fully saturated rings. The molecule has 3 rings (SSSR count). The summed E-state index contributed by atoms with van der Waals surface area (Å²) >= 11 is 0. The fraction of sp³-hybridized carbons (Fsp3) is 0.333. The van der Waals surface area contributed by atoms with E-state index < -0.39 is 0 Å². The molecular formula is C21H23NO2. The molecule has 1 saturated heterocycles. The molecule has 0 saturated carbocycles. The van der Waals surface area contributed by atoms with Crippen molar-refractivity contribution in [3.05, 3.63) is 71.3 Å². The van der Waals surface area contributed by atoms with E-state index in [1.165, 1.54) is 6.42 Å². The molecular weight excluding hydrogens is 298 g/mol. The molecule has 3 nitrogen and oxygen atoms in total.